The van der Waals surface area contributed by atoms with E-state index >= 15 is 0 Å². The summed E-state index contributed by atoms with van der Waals surface area (Å²) in [5.74, 6) is 0.434. The maximum Gasteiger partial charge on any atom is 0.351 e. The van der Waals surface area contributed by atoms with Crippen LogP contribution in [0, 0.1) is 13.8 Å². The third kappa shape index (κ3) is 4.26. The first-order chi connectivity index (χ1) is 16.9. The van der Waals surface area contributed by atoms with Crippen molar-refractivity contribution in [3.63, 3.8) is 0 Å². The van der Waals surface area contributed by atoms with Gasteiger partial charge in [0, 0.05) is 5.69 Å². The Morgan fingerprint density at radius 3 is 2.40 bits per heavy atom. The molecule has 0 bridgehead atoms. The number of anilines is 1. The molecule has 0 aliphatic heterocycles. The Labute approximate surface area is 201 Å². The van der Waals surface area contributed by atoms with Crippen LogP contribution in [0.3, 0.4) is 0 Å². The molecule has 8 heteroatoms. The van der Waals surface area contributed by atoms with Crippen LogP contribution in [0.4, 0.5) is 5.69 Å². The number of para-hydroxylation sites is 3. The molecule has 5 aromatic rings. The van der Waals surface area contributed by atoms with Crippen LogP contribution >= 0.6 is 0 Å². The first kappa shape index (κ1) is 22.3. The summed E-state index contributed by atoms with van der Waals surface area (Å²) >= 11 is 0. The Balaban J connectivity index is 1.55. The molecule has 0 radical (unpaired) electrons. The highest BCUT2D eigenvalue weighted by Crippen LogP contribution is 2.26. The van der Waals surface area contributed by atoms with Crippen molar-refractivity contribution in [1.82, 2.24) is 19.2 Å². The van der Waals surface area contributed by atoms with Crippen molar-refractivity contribution in [3.8, 4) is 11.6 Å². The van der Waals surface area contributed by atoms with Gasteiger partial charge in [0.1, 0.15) is 12.3 Å². The Hall–Kier alpha value is -4.46. The molecule has 0 saturated heterocycles. The summed E-state index contributed by atoms with van der Waals surface area (Å²) in [5, 5.41) is 7.34. The number of carbonyl (C=O) groups is 1. The quantitative estimate of drug-likeness (QED) is 0.392. The number of benzene rings is 3. The Kier molecular flexibility index (Phi) is 5.78. The van der Waals surface area contributed by atoms with E-state index in [0.717, 1.165) is 27.9 Å². The van der Waals surface area contributed by atoms with E-state index in [1.807, 2.05) is 68.4 Å². The maximum atomic E-state index is 13.4. The molecule has 0 spiro atoms. The minimum Gasteiger partial charge on any atom is -0.436 e. The van der Waals surface area contributed by atoms with Crippen molar-refractivity contribution in [3.05, 3.63) is 93.9 Å². The van der Waals surface area contributed by atoms with E-state index in [1.165, 1.54) is 9.96 Å². The summed E-state index contributed by atoms with van der Waals surface area (Å²) in [6, 6.07) is 20.7. The smallest absolute Gasteiger partial charge is 0.351 e. The topological polar surface area (TPSA) is 90.5 Å². The zero-order chi connectivity index (χ0) is 24.5. The predicted molar refractivity (Wildman–Crippen MR) is 135 cm³/mol. The Morgan fingerprint density at radius 1 is 0.971 bits per heavy atom. The predicted octanol–water partition coefficient (Wildman–Crippen LogP) is 4.65. The largest absolute Gasteiger partial charge is 0.436 e. The zero-order valence-electron chi connectivity index (χ0n) is 19.8. The number of nitrogens with zero attached hydrogens (tertiary/aromatic N) is 4. The summed E-state index contributed by atoms with van der Waals surface area (Å²) in [7, 11) is 0. The number of amides is 1. The van der Waals surface area contributed by atoms with Gasteiger partial charge >= 0.3 is 5.69 Å². The van der Waals surface area contributed by atoms with Gasteiger partial charge in [-0.2, -0.15) is 0 Å². The van der Waals surface area contributed by atoms with Crippen LogP contribution in [0.1, 0.15) is 23.6 Å². The molecule has 2 aromatic heterocycles. The van der Waals surface area contributed by atoms with Crippen LogP contribution < -0.4 is 15.7 Å². The highest BCUT2D eigenvalue weighted by atomic mass is 16.5. The normalized spacial score (nSPS) is 11.2. The number of hydrogen-bond acceptors (Lipinski definition) is 5. The lowest BCUT2D eigenvalue weighted by molar-refractivity contribution is -0.117. The average molecular weight is 468 g/mol. The molecule has 0 fully saturated rings. The second-order valence-corrected chi connectivity index (χ2v) is 8.42. The maximum absolute atomic E-state index is 13.4. The molecule has 2 heterocycles. The van der Waals surface area contributed by atoms with Crippen LogP contribution in [0.2, 0.25) is 0 Å². The highest BCUT2D eigenvalue weighted by molar-refractivity contribution is 5.92. The summed E-state index contributed by atoms with van der Waals surface area (Å²) in [6.07, 6.45) is 0.919. The monoisotopic (exact) mass is 467 g/mol. The molecular formula is C27H25N5O3. The molecule has 1 N–H and O–H groups in total. The molecule has 0 saturated carbocycles. The fraction of sp³-hybridized carbons (Fsp3) is 0.185. The lowest BCUT2D eigenvalue weighted by atomic mass is 10.1. The lowest BCUT2D eigenvalue weighted by Gasteiger charge is -2.11. The van der Waals surface area contributed by atoms with E-state index in [1.54, 1.807) is 12.1 Å². The van der Waals surface area contributed by atoms with Gasteiger partial charge in [0.15, 0.2) is 0 Å². The fourth-order valence-corrected chi connectivity index (χ4v) is 4.07. The summed E-state index contributed by atoms with van der Waals surface area (Å²) < 4.78 is 8.63. The summed E-state index contributed by atoms with van der Waals surface area (Å²) in [5.41, 5.74) is 4.78. The molecular weight excluding hydrogens is 442 g/mol. The van der Waals surface area contributed by atoms with Gasteiger partial charge in [-0.25, -0.2) is 18.9 Å². The molecule has 3 aromatic carbocycles. The second kappa shape index (κ2) is 9.06. The van der Waals surface area contributed by atoms with Crippen molar-refractivity contribution in [2.24, 2.45) is 0 Å². The van der Waals surface area contributed by atoms with Gasteiger partial charge in [0.25, 0.3) is 5.88 Å². The van der Waals surface area contributed by atoms with Crippen LogP contribution in [-0.2, 0) is 17.8 Å². The van der Waals surface area contributed by atoms with Crippen LogP contribution in [0.5, 0.6) is 11.6 Å². The minimum atomic E-state index is -0.443. The third-order valence-electron chi connectivity index (χ3n) is 5.96. The van der Waals surface area contributed by atoms with E-state index in [0.29, 0.717) is 16.8 Å². The molecule has 5 rings (SSSR count). The summed E-state index contributed by atoms with van der Waals surface area (Å²) in [4.78, 5) is 30.8. The number of rotatable bonds is 6. The number of aryl methyl sites for hydroxylation is 3. The molecule has 8 nitrogen and oxygen atoms in total. The van der Waals surface area contributed by atoms with Gasteiger partial charge in [-0.05, 0) is 61.2 Å². The van der Waals surface area contributed by atoms with E-state index < -0.39 is 5.69 Å². The van der Waals surface area contributed by atoms with Gasteiger partial charge in [-0.3, -0.25) is 4.79 Å². The van der Waals surface area contributed by atoms with E-state index in [4.69, 9.17) is 4.74 Å². The van der Waals surface area contributed by atoms with Crippen LogP contribution in [0.15, 0.2) is 71.5 Å². The van der Waals surface area contributed by atoms with Crippen molar-refractivity contribution in [1.29, 1.82) is 0 Å². The Bertz CT molecular complexity index is 1600. The molecule has 0 aliphatic carbocycles. The van der Waals surface area contributed by atoms with E-state index in [2.05, 4.69) is 22.3 Å². The molecule has 0 aliphatic rings. The standard InChI is InChI=1S/C27H25N5O3/c1-4-19-12-14-20(15-13-19)35-26-25-30-31(16-23(33)29-24-17(2)8-7-9-18(24)3)27(34)32(25)22-11-6-5-10-21(22)28-26/h5-15H,4,16H2,1-3H3,(H,29,33). The van der Waals surface area contributed by atoms with Crippen LogP contribution in [-0.4, -0.2) is 25.1 Å². The first-order valence-corrected chi connectivity index (χ1v) is 11.5. The van der Waals surface area contributed by atoms with Crippen molar-refractivity contribution in [2.75, 3.05) is 5.32 Å². The second-order valence-electron chi connectivity index (χ2n) is 8.42. The van der Waals surface area contributed by atoms with E-state index in [9.17, 15) is 9.59 Å². The lowest BCUT2D eigenvalue weighted by Crippen LogP contribution is -2.28. The number of fused-ring (bicyclic) bond motifs is 3. The number of carbonyl (C=O) groups excluding carboxylic acids is 1. The fourth-order valence-electron chi connectivity index (χ4n) is 4.07. The number of nitrogens with one attached hydrogen (secondary N) is 1. The molecule has 0 unspecified atom stereocenters. The number of hydrogen-bond donors (Lipinski definition) is 1. The minimum absolute atomic E-state index is 0.193. The van der Waals surface area contributed by atoms with Gasteiger partial charge in [-0.1, -0.05) is 49.4 Å². The van der Waals surface area contributed by atoms with Crippen molar-refractivity contribution < 1.29 is 9.53 Å². The first-order valence-electron chi connectivity index (χ1n) is 11.5. The summed E-state index contributed by atoms with van der Waals surface area (Å²) in [6.45, 7) is 5.69. The van der Waals surface area contributed by atoms with Crippen molar-refractivity contribution >= 4 is 28.3 Å². The molecule has 35 heavy (non-hydrogen) atoms. The molecule has 176 valence electrons. The van der Waals surface area contributed by atoms with Gasteiger partial charge in [-0.15, -0.1) is 5.10 Å². The van der Waals surface area contributed by atoms with Gasteiger partial charge in [0.2, 0.25) is 11.6 Å². The van der Waals surface area contributed by atoms with Gasteiger partial charge < -0.3 is 10.1 Å². The van der Waals surface area contributed by atoms with E-state index in [-0.39, 0.29) is 24.0 Å². The molecule has 1 amide bonds. The zero-order valence-corrected chi connectivity index (χ0v) is 19.8. The van der Waals surface area contributed by atoms with Crippen molar-refractivity contribution in [2.45, 2.75) is 33.7 Å². The number of aromatic nitrogens is 4. The van der Waals surface area contributed by atoms with Crippen LogP contribution in [0.25, 0.3) is 16.7 Å². The Morgan fingerprint density at radius 2 is 1.69 bits per heavy atom. The SMILES string of the molecule is CCc1ccc(Oc2nc3ccccc3n3c(=O)n(CC(=O)Nc4c(C)cccc4C)nc23)cc1. The number of ether oxygens (including phenoxy) is 1. The molecule has 0 atom stereocenters. The highest BCUT2D eigenvalue weighted by Gasteiger charge is 2.19. The van der Waals surface area contributed by atoms with Gasteiger partial charge in [0.05, 0.1) is 11.0 Å². The average Bonchev–Trinajstić information content (AvgIpc) is 3.18. The third-order valence-corrected chi connectivity index (χ3v) is 5.96.